The van der Waals surface area contributed by atoms with E-state index >= 15 is 0 Å². The molecule has 1 fully saturated rings. The highest BCUT2D eigenvalue weighted by molar-refractivity contribution is 4.94. The number of hydrogen-bond donors (Lipinski definition) is 2. The zero-order chi connectivity index (χ0) is 8.32. The monoisotopic (exact) mass is 156 g/mol. The van der Waals surface area contributed by atoms with Crippen LogP contribution < -0.4 is 11.5 Å². The third-order valence-corrected chi connectivity index (χ3v) is 3.11. The maximum atomic E-state index is 6.23. The summed E-state index contributed by atoms with van der Waals surface area (Å²) in [5.74, 6) is 0.703. The van der Waals surface area contributed by atoms with Crippen LogP contribution in [0.25, 0.3) is 0 Å². The smallest absolute Gasteiger partial charge is 0.0180 e. The third kappa shape index (κ3) is 1.94. The minimum atomic E-state index is 0.124. The van der Waals surface area contributed by atoms with Crippen LogP contribution in [0.15, 0.2) is 0 Å². The molecule has 2 atom stereocenters. The Hall–Kier alpha value is -0.0800. The van der Waals surface area contributed by atoms with E-state index in [1.54, 1.807) is 0 Å². The van der Waals surface area contributed by atoms with Crippen LogP contribution in [0.1, 0.15) is 39.0 Å². The van der Waals surface area contributed by atoms with Crippen molar-refractivity contribution in [3.63, 3.8) is 0 Å². The van der Waals surface area contributed by atoms with Gasteiger partial charge in [-0.1, -0.05) is 13.3 Å². The van der Waals surface area contributed by atoms with Crippen molar-refractivity contribution in [3.8, 4) is 0 Å². The van der Waals surface area contributed by atoms with Crippen LogP contribution in [-0.4, -0.2) is 12.1 Å². The lowest BCUT2D eigenvalue weighted by molar-refractivity contribution is 0.309. The van der Waals surface area contributed by atoms with E-state index in [2.05, 4.69) is 6.92 Å². The molecule has 1 aliphatic rings. The maximum Gasteiger partial charge on any atom is 0.0180 e. The summed E-state index contributed by atoms with van der Waals surface area (Å²) in [4.78, 5) is 0. The Bertz CT molecular complexity index is 125. The molecule has 0 saturated heterocycles. The van der Waals surface area contributed by atoms with Gasteiger partial charge in [-0.3, -0.25) is 0 Å². The van der Waals surface area contributed by atoms with Gasteiger partial charge in [-0.05, 0) is 38.1 Å². The molecule has 1 saturated carbocycles. The second-order valence-corrected chi connectivity index (χ2v) is 3.92. The van der Waals surface area contributed by atoms with Crippen LogP contribution in [0.5, 0.6) is 0 Å². The fraction of sp³-hybridized carbons (Fsp3) is 1.00. The first-order valence-corrected chi connectivity index (χ1v) is 4.68. The highest BCUT2D eigenvalue weighted by Crippen LogP contribution is 2.36. The summed E-state index contributed by atoms with van der Waals surface area (Å²) < 4.78 is 0. The first-order valence-electron chi connectivity index (χ1n) is 4.68. The van der Waals surface area contributed by atoms with Crippen molar-refractivity contribution in [1.82, 2.24) is 0 Å². The van der Waals surface area contributed by atoms with Gasteiger partial charge in [-0.15, -0.1) is 0 Å². The van der Waals surface area contributed by atoms with E-state index in [1.165, 1.54) is 19.3 Å². The Balaban J connectivity index is 2.38. The summed E-state index contributed by atoms with van der Waals surface area (Å²) in [6.07, 6.45) is 6.02. The minimum Gasteiger partial charge on any atom is -0.330 e. The first-order chi connectivity index (χ1) is 5.19. The molecule has 2 heteroatoms. The minimum absolute atomic E-state index is 0.124. The van der Waals surface area contributed by atoms with Crippen LogP contribution in [0, 0.1) is 5.92 Å². The summed E-state index contributed by atoms with van der Waals surface area (Å²) in [7, 11) is 0. The lowest BCUT2D eigenvalue weighted by atomic mass is 9.85. The average molecular weight is 156 g/mol. The number of rotatable bonds is 3. The predicted molar refractivity (Wildman–Crippen MR) is 48.2 cm³/mol. The van der Waals surface area contributed by atoms with Crippen LogP contribution in [0.3, 0.4) is 0 Å². The lowest BCUT2D eigenvalue weighted by Gasteiger charge is -2.28. The molecule has 0 heterocycles. The lowest BCUT2D eigenvalue weighted by Crippen LogP contribution is -2.42. The van der Waals surface area contributed by atoms with Gasteiger partial charge in [0.2, 0.25) is 0 Å². The van der Waals surface area contributed by atoms with E-state index in [0.29, 0.717) is 5.92 Å². The molecule has 0 spiro atoms. The largest absolute Gasteiger partial charge is 0.330 e. The van der Waals surface area contributed by atoms with E-state index in [-0.39, 0.29) is 5.54 Å². The van der Waals surface area contributed by atoms with E-state index in [4.69, 9.17) is 11.5 Å². The average Bonchev–Trinajstić information content (AvgIpc) is 2.30. The molecule has 1 rings (SSSR count). The molecule has 0 aliphatic heterocycles. The Morgan fingerprint density at radius 2 is 2.27 bits per heavy atom. The van der Waals surface area contributed by atoms with Crippen molar-refractivity contribution < 1.29 is 0 Å². The predicted octanol–water partition coefficient (Wildman–Crippen LogP) is 1.24. The van der Waals surface area contributed by atoms with Crippen LogP contribution >= 0.6 is 0 Å². The SMILES string of the molecule is CC1CCCC1(N)CCCN. The van der Waals surface area contributed by atoms with Crippen molar-refractivity contribution in [2.75, 3.05) is 6.54 Å². The van der Waals surface area contributed by atoms with Gasteiger partial charge in [0.15, 0.2) is 0 Å². The summed E-state index contributed by atoms with van der Waals surface area (Å²) in [6.45, 7) is 3.05. The maximum absolute atomic E-state index is 6.23. The van der Waals surface area contributed by atoms with Crippen LogP contribution in [0.2, 0.25) is 0 Å². The van der Waals surface area contributed by atoms with Gasteiger partial charge in [0.1, 0.15) is 0 Å². The van der Waals surface area contributed by atoms with Gasteiger partial charge < -0.3 is 11.5 Å². The summed E-state index contributed by atoms with van der Waals surface area (Å²) >= 11 is 0. The molecule has 2 unspecified atom stereocenters. The molecule has 0 bridgehead atoms. The van der Waals surface area contributed by atoms with Gasteiger partial charge in [0.25, 0.3) is 0 Å². The molecule has 0 amide bonds. The van der Waals surface area contributed by atoms with E-state index in [0.717, 1.165) is 19.4 Å². The Kier molecular flexibility index (Phi) is 2.90. The number of nitrogens with two attached hydrogens (primary N) is 2. The van der Waals surface area contributed by atoms with Crippen molar-refractivity contribution in [1.29, 1.82) is 0 Å². The van der Waals surface area contributed by atoms with Gasteiger partial charge in [-0.25, -0.2) is 0 Å². The molecule has 4 N–H and O–H groups in total. The van der Waals surface area contributed by atoms with E-state index in [1.807, 2.05) is 0 Å². The topological polar surface area (TPSA) is 52.0 Å². The van der Waals surface area contributed by atoms with Crippen molar-refractivity contribution in [3.05, 3.63) is 0 Å². The molecule has 0 aromatic rings. The Morgan fingerprint density at radius 3 is 2.73 bits per heavy atom. The molecule has 0 aromatic heterocycles. The van der Waals surface area contributed by atoms with Gasteiger partial charge in [-0.2, -0.15) is 0 Å². The molecule has 11 heavy (non-hydrogen) atoms. The molecule has 66 valence electrons. The molecule has 0 aromatic carbocycles. The van der Waals surface area contributed by atoms with Crippen molar-refractivity contribution >= 4 is 0 Å². The molecule has 0 radical (unpaired) electrons. The molecular formula is C9H20N2. The van der Waals surface area contributed by atoms with Crippen molar-refractivity contribution in [2.45, 2.75) is 44.6 Å². The second-order valence-electron chi connectivity index (χ2n) is 3.92. The first kappa shape index (κ1) is 9.01. The molecule has 2 nitrogen and oxygen atoms in total. The summed E-state index contributed by atoms with van der Waals surface area (Å²) in [6, 6.07) is 0. The summed E-state index contributed by atoms with van der Waals surface area (Å²) in [5.41, 5.74) is 11.8. The Labute approximate surface area is 69.3 Å². The molecule has 1 aliphatic carbocycles. The van der Waals surface area contributed by atoms with Gasteiger partial charge in [0.05, 0.1) is 0 Å². The zero-order valence-corrected chi connectivity index (χ0v) is 7.47. The van der Waals surface area contributed by atoms with Crippen molar-refractivity contribution in [2.24, 2.45) is 17.4 Å². The quantitative estimate of drug-likeness (QED) is 0.646. The second kappa shape index (κ2) is 3.55. The fourth-order valence-corrected chi connectivity index (χ4v) is 2.07. The van der Waals surface area contributed by atoms with Gasteiger partial charge >= 0.3 is 0 Å². The number of hydrogen-bond acceptors (Lipinski definition) is 2. The highest BCUT2D eigenvalue weighted by Gasteiger charge is 2.35. The fourth-order valence-electron chi connectivity index (χ4n) is 2.07. The van der Waals surface area contributed by atoms with E-state index in [9.17, 15) is 0 Å². The highest BCUT2D eigenvalue weighted by atomic mass is 14.8. The zero-order valence-electron chi connectivity index (χ0n) is 7.47. The molecular weight excluding hydrogens is 136 g/mol. The van der Waals surface area contributed by atoms with Gasteiger partial charge in [0, 0.05) is 5.54 Å². The Morgan fingerprint density at radius 1 is 1.55 bits per heavy atom. The standard InChI is InChI=1S/C9H20N2/c1-8-4-2-5-9(8,11)6-3-7-10/h8H,2-7,10-11H2,1H3. The summed E-state index contributed by atoms with van der Waals surface area (Å²) in [5, 5.41) is 0. The third-order valence-electron chi connectivity index (χ3n) is 3.11. The van der Waals surface area contributed by atoms with Crippen LogP contribution in [-0.2, 0) is 0 Å². The normalized spacial score (nSPS) is 37.9. The van der Waals surface area contributed by atoms with Crippen LogP contribution in [0.4, 0.5) is 0 Å². The van der Waals surface area contributed by atoms with E-state index < -0.39 is 0 Å².